The predicted molar refractivity (Wildman–Crippen MR) is 76.0 cm³/mol. The molecule has 8 heteroatoms. The van der Waals surface area contributed by atoms with E-state index >= 15 is 0 Å². The second kappa shape index (κ2) is 6.79. The Hall–Kier alpha value is -2.77. The number of nitrogens with zero attached hydrogens (tertiary/aromatic N) is 2. The lowest BCUT2D eigenvalue weighted by Gasteiger charge is -2.10. The zero-order valence-corrected chi connectivity index (χ0v) is 11.6. The second-order valence-corrected chi connectivity index (χ2v) is 4.44. The number of nitro benzene ring substituents is 1. The summed E-state index contributed by atoms with van der Waals surface area (Å²) in [6.07, 6.45) is 1.18. The molecule has 22 heavy (non-hydrogen) atoms. The van der Waals surface area contributed by atoms with Crippen LogP contribution in [-0.4, -0.2) is 16.5 Å². The van der Waals surface area contributed by atoms with Crippen LogP contribution in [0.5, 0.6) is 5.75 Å². The highest BCUT2D eigenvalue weighted by molar-refractivity contribution is 5.65. The van der Waals surface area contributed by atoms with Gasteiger partial charge in [-0.2, -0.15) is 8.78 Å². The van der Waals surface area contributed by atoms with Gasteiger partial charge in [-0.05, 0) is 24.6 Å². The van der Waals surface area contributed by atoms with Crippen LogP contribution in [0.3, 0.4) is 0 Å². The van der Waals surface area contributed by atoms with Crippen molar-refractivity contribution in [1.82, 2.24) is 4.98 Å². The standard InChI is InChI=1S/C14H13F2N3O3/c1-9-3-2-4-12(19(20)21)13(9)18-7-10-5-6-11(8-17-10)22-14(15)16/h2-6,8,14,18H,7H2,1H3. The van der Waals surface area contributed by atoms with Gasteiger partial charge in [0.15, 0.2) is 0 Å². The molecule has 0 unspecified atom stereocenters. The summed E-state index contributed by atoms with van der Waals surface area (Å²) >= 11 is 0. The third-order valence-corrected chi connectivity index (χ3v) is 2.92. The van der Waals surface area contributed by atoms with Crippen molar-refractivity contribution in [1.29, 1.82) is 0 Å². The maximum absolute atomic E-state index is 12.0. The highest BCUT2D eigenvalue weighted by Crippen LogP contribution is 2.28. The lowest BCUT2D eigenvalue weighted by molar-refractivity contribution is -0.384. The molecule has 0 saturated heterocycles. The van der Waals surface area contributed by atoms with Gasteiger partial charge < -0.3 is 10.1 Å². The number of benzene rings is 1. The Kier molecular flexibility index (Phi) is 4.82. The van der Waals surface area contributed by atoms with E-state index in [1.165, 1.54) is 24.4 Å². The molecule has 1 N–H and O–H groups in total. The topological polar surface area (TPSA) is 77.3 Å². The van der Waals surface area contributed by atoms with Crippen LogP contribution >= 0.6 is 0 Å². The van der Waals surface area contributed by atoms with E-state index in [0.717, 1.165) is 5.56 Å². The molecule has 0 radical (unpaired) electrons. The number of hydrogen-bond donors (Lipinski definition) is 1. The third kappa shape index (κ3) is 3.87. The fourth-order valence-electron chi connectivity index (χ4n) is 1.90. The molecule has 0 spiro atoms. The molecule has 1 aromatic carbocycles. The van der Waals surface area contributed by atoms with Crippen LogP contribution in [0.2, 0.25) is 0 Å². The number of hydrogen-bond acceptors (Lipinski definition) is 5. The van der Waals surface area contributed by atoms with Crippen molar-refractivity contribution in [3.63, 3.8) is 0 Å². The lowest BCUT2D eigenvalue weighted by atomic mass is 10.1. The summed E-state index contributed by atoms with van der Waals surface area (Å²) in [5.41, 5.74) is 1.64. The van der Waals surface area contributed by atoms with Crippen molar-refractivity contribution >= 4 is 11.4 Å². The summed E-state index contributed by atoms with van der Waals surface area (Å²) in [4.78, 5) is 14.5. The fraction of sp³-hybridized carbons (Fsp3) is 0.214. The SMILES string of the molecule is Cc1cccc([N+](=O)[O-])c1NCc1ccc(OC(F)F)cn1. The van der Waals surface area contributed by atoms with Gasteiger partial charge in [0.25, 0.3) is 5.69 Å². The van der Waals surface area contributed by atoms with Gasteiger partial charge in [0.05, 0.1) is 23.4 Å². The van der Waals surface area contributed by atoms with Crippen LogP contribution in [0.15, 0.2) is 36.5 Å². The van der Waals surface area contributed by atoms with Crippen molar-refractivity contribution in [2.45, 2.75) is 20.1 Å². The number of ether oxygens (including phenoxy) is 1. The summed E-state index contributed by atoms with van der Waals surface area (Å²) in [6.45, 7) is -0.927. The fourth-order valence-corrected chi connectivity index (χ4v) is 1.90. The minimum atomic E-state index is -2.90. The molecule has 2 rings (SSSR count). The first-order chi connectivity index (χ1) is 10.5. The summed E-state index contributed by atoms with van der Waals surface area (Å²) in [6, 6.07) is 7.63. The van der Waals surface area contributed by atoms with Crippen LogP contribution in [0, 0.1) is 17.0 Å². The number of aryl methyl sites for hydroxylation is 1. The Bertz CT molecular complexity index is 663. The molecule has 0 aliphatic heterocycles. The Morgan fingerprint density at radius 2 is 2.14 bits per heavy atom. The average molecular weight is 309 g/mol. The zero-order chi connectivity index (χ0) is 16.1. The minimum Gasteiger partial charge on any atom is -0.433 e. The number of halogens is 2. The molecule has 116 valence electrons. The molecule has 0 aliphatic carbocycles. The first-order valence-corrected chi connectivity index (χ1v) is 6.35. The van der Waals surface area contributed by atoms with Gasteiger partial charge in [0.1, 0.15) is 11.4 Å². The molecule has 2 aromatic rings. The summed E-state index contributed by atoms with van der Waals surface area (Å²) in [5.74, 6) is -0.0411. The van der Waals surface area contributed by atoms with E-state index in [0.29, 0.717) is 11.4 Å². The van der Waals surface area contributed by atoms with E-state index in [-0.39, 0.29) is 18.0 Å². The van der Waals surface area contributed by atoms with Crippen LogP contribution in [0.4, 0.5) is 20.2 Å². The molecule has 0 atom stereocenters. The minimum absolute atomic E-state index is 0.0300. The number of pyridine rings is 1. The van der Waals surface area contributed by atoms with Crippen molar-refractivity contribution in [2.24, 2.45) is 0 Å². The predicted octanol–water partition coefficient (Wildman–Crippen LogP) is 3.51. The largest absolute Gasteiger partial charge is 0.433 e. The number of aromatic nitrogens is 1. The number of alkyl halides is 2. The van der Waals surface area contributed by atoms with Crippen LogP contribution in [-0.2, 0) is 6.54 Å². The summed E-state index contributed by atoms with van der Waals surface area (Å²) in [7, 11) is 0. The van der Waals surface area contributed by atoms with Crippen molar-refractivity contribution in [3.05, 3.63) is 57.9 Å². The molecule has 1 aromatic heterocycles. The number of nitrogens with one attached hydrogen (secondary N) is 1. The highest BCUT2D eigenvalue weighted by atomic mass is 19.3. The van der Waals surface area contributed by atoms with Crippen LogP contribution in [0.1, 0.15) is 11.3 Å². The Labute approximate surface area is 124 Å². The molecule has 0 saturated carbocycles. The van der Waals surface area contributed by atoms with Gasteiger partial charge in [0.2, 0.25) is 0 Å². The van der Waals surface area contributed by atoms with Gasteiger partial charge in [-0.15, -0.1) is 0 Å². The second-order valence-electron chi connectivity index (χ2n) is 4.44. The molecular weight excluding hydrogens is 296 g/mol. The molecule has 1 heterocycles. The first kappa shape index (κ1) is 15.6. The van der Waals surface area contributed by atoms with Crippen LogP contribution in [0.25, 0.3) is 0 Å². The lowest BCUT2D eigenvalue weighted by Crippen LogP contribution is -2.06. The van der Waals surface area contributed by atoms with E-state index in [9.17, 15) is 18.9 Å². The summed E-state index contributed by atoms with van der Waals surface area (Å²) in [5, 5.41) is 13.9. The quantitative estimate of drug-likeness (QED) is 0.652. The van der Waals surface area contributed by atoms with E-state index in [1.807, 2.05) is 0 Å². The van der Waals surface area contributed by atoms with Gasteiger partial charge in [-0.3, -0.25) is 15.1 Å². The number of rotatable bonds is 6. The summed E-state index contributed by atoms with van der Waals surface area (Å²) < 4.78 is 28.3. The van der Waals surface area contributed by atoms with Gasteiger partial charge in [0, 0.05) is 6.07 Å². The molecule has 6 nitrogen and oxygen atoms in total. The number of nitro groups is 1. The Morgan fingerprint density at radius 1 is 1.36 bits per heavy atom. The molecule has 0 aliphatic rings. The van der Waals surface area contributed by atoms with Crippen molar-refractivity contribution < 1.29 is 18.4 Å². The zero-order valence-electron chi connectivity index (χ0n) is 11.6. The smallest absolute Gasteiger partial charge is 0.387 e. The van der Waals surface area contributed by atoms with Gasteiger partial charge in [-0.1, -0.05) is 12.1 Å². The van der Waals surface area contributed by atoms with E-state index < -0.39 is 11.5 Å². The molecular formula is C14H13F2N3O3. The van der Waals surface area contributed by atoms with E-state index in [1.54, 1.807) is 19.1 Å². The Balaban J connectivity index is 2.09. The number of anilines is 1. The third-order valence-electron chi connectivity index (χ3n) is 2.92. The van der Waals surface area contributed by atoms with E-state index in [4.69, 9.17) is 0 Å². The van der Waals surface area contributed by atoms with Gasteiger partial charge in [-0.25, -0.2) is 0 Å². The maximum atomic E-state index is 12.0. The van der Waals surface area contributed by atoms with E-state index in [2.05, 4.69) is 15.0 Å². The molecule has 0 fully saturated rings. The average Bonchev–Trinajstić information content (AvgIpc) is 2.46. The Morgan fingerprint density at radius 3 is 2.73 bits per heavy atom. The highest BCUT2D eigenvalue weighted by Gasteiger charge is 2.15. The van der Waals surface area contributed by atoms with Crippen molar-refractivity contribution in [2.75, 3.05) is 5.32 Å². The van der Waals surface area contributed by atoms with Gasteiger partial charge >= 0.3 is 6.61 Å². The monoisotopic (exact) mass is 309 g/mol. The molecule has 0 bridgehead atoms. The first-order valence-electron chi connectivity index (χ1n) is 6.35. The van der Waals surface area contributed by atoms with Crippen LogP contribution < -0.4 is 10.1 Å². The van der Waals surface area contributed by atoms with Crippen molar-refractivity contribution in [3.8, 4) is 5.75 Å². The maximum Gasteiger partial charge on any atom is 0.387 e. The molecule has 0 amide bonds. The normalized spacial score (nSPS) is 10.5. The number of para-hydroxylation sites is 1.